The van der Waals surface area contributed by atoms with Gasteiger partial charge in [0.15, 0.2) is 9.84 Å². The molecule has 10 heteroatoms. The van der Waals surface area contributed by atoms with Crippen LogP contribution in [0.4, 0.5) is 18.9 Å². The number of hydrogen-bond acceptors (Lipinski definition) is 5. The maximum atomic E-state index is 12.4. The Balaban J connectivity index is 1.92. The molecule has 0 aliphatic carbocycles. The molecule has 0 aromatic heterocycles. The number of amides is 1. The standard InChI is InChI=1S/C15H19F3N2O3S2/c1-14(6-7-25(22,23)10-14)20-13(21)8-19-11-4-2-3-5-12(11)24-9-15(16,17)18/h2-5,19H,6-10H2,1H3,(H,20,21). The van der Waals surface area contributed by atoms with Crippen LogP contribution in [-0.4, -0.2) is 49.8 Å². The van der Waals surface area contributed by atoms with Gasteiger partial charge in [-0.3, -0.25) is 4.79 Å². The molecule has 1 aromatic rings. The average molecular weight is 396 g/mol. The van der Waals surface area contributed by atoms with Crippen LogP contribution in [0.15, 0.2) is 29.2 Å². The molecule has 0 radical (unpaired) electrons. The summed E-state index contributed by atoms with van der Waals surface area (Å²) in [5, 5.41) is 5.50. The molecule has 1 aliphatic rings. The average Bonchev–Trinajstić information content (AvgIpc) is 2.76. The van der Waals surface area contributed by atoms with E-state index in [2.05, 4.69) is 10.6 Å². The van der Waals surface area contributed by atoms with E-state index in [1.54, 1.807) is 31.2 Å². The molecule has 2 rings (SSSR count). The lowest BCUT2D eigenvalue weighted by Gasteiger charge is -2.24. The van der Waals surface area contributed by atoms with E-state index >= 15 is 0 Å². The summed E-state index contributed by atoms with van der Waals surface area (Å²) in [6.45, 7) is 1.52. The second-order valence-corrected chi connectivity index (χ2v) is 9.41. The van der Waals surface area contributed by atoms with Gasteiger partial charge in [-0.05, 0) is 25.5 Å². The third-order valence-electron chi connectivity index (χ3n) is 3.66. The summed E-state index contributed by atoms with van der Waals surface area (Å²) < 4.78 is 60.2. The molecule has 1 heterocycles. The van der Waals surface area contributed by atoms with Crippen LogP contribution < -0.4 is 10.6 Å². The molecule has 1 saturated heterocycles. The number of alkyl halides is 3. The Kier molecular flexibility index (Phi) is 5.93. The predicted molar refractivity (Wildman–Crippen MR) is 91.5 cm³/mol. The third-order valence-corrected chi connectivity index (χ3v) is 6.70. The summed E-state index contributed by atoms with van der Waals surface area (Å²) >= 11 is 0.639. The third kappa shape index (κ3) is 6.43. The van der Waals surface area contributed by atoms with Gasteiger partial charge in [-0.2, -0.15) is 13.2 Å². The molecule has 0 spiro atoms. The largest absolute Gasteiger partial charge is 0.398 e. The van der Waals surface area contributed by atoms with Gasteiger partial charge >= 0.3 is 6.18 Å². The second kappa shape index (κ2) is 7.45. The Bertz CT molecular complexity index is 738. The Morgan fingerprint density at radius 1 is 1.32 bits per heavy atom. The minimum absolute atomic E-state index is 0.0358. The first kappa shape index (κ1) is 19.9. The molecule has 1 aliphatic heterocycles. The fourth-order valence-electron chi connectivity index (χ4n) is 2.56. The number of rotatable bonds is 6. The molecule has 5 nitrogen and oxygen atoms in total. The molecular formula is C15H19F3N2O3S2. The molecule has 0 bridgehead atoms. The lowest BCUT2D eigenvalue weighted by molar-refractivity contribution is -0.120. The van der Waals surface area contributed by atoms with E-state index in [1.165, 1.54) is 0 Å². The number of halogens is 3. The molecule has 140 valence electrons. The van der Waals surface area contributed by atoms with Crippen LogP contribution in [-0.2, 0) is 14.6 Å². The van der Waals surface area contributed by atoms with Crippen molar-refractivity contribution in [2.45, 2.75) is 30.0 Å². The van der Waals surface area contributed by atoms with Crippen molar-refractivity contribution in [3.63, 3.8) is 0 Å². The zero-order valence-electron chi connectivity index (χ0n) is 13.5. The minimum Gasteiger partial charge on any atom is -0.375 e. The van der Waals surface area contributed by atoms with Crippen molar-refractivity contribution < 1.29 is 26.4 Å². The van der Waals surface area contributed by atoms with E-state index in [4.69, 9.17) is 0 Å². The molecule has 1 atom stereocenters. The van der Waals surface area contributed by atoms with Crippen LogP contribution in [0.5, 0.6) is 0 Å². The van der Waals surface area contributed by atoms with Gasteiger partial charge in [0.05, 0.1) is 29.3 Å². The van der Waals surface area contributed by atoms with E-state index in [0.29, 0.717) is 28.8 Å². The molecule has 0 saturated carbocycles. The van der Waals surface area contributed by atoms with E-state index < -0.39 is 33.2 Å². The maximum absolute atomic E-state index is 12.4. The van der Waals surface area contributed by atoms with Crippen molar-refractivity contribution in [2.75, 3.05) is 29.1 Å². The van der Waals surface area contributed by atoms with Crippen LogP contribution in [0.1, 0.15) is 13.3 Å². The highest BCUT2D eigenvalue weighted by molar-refractivity contribution is 7.99. The van der Waals surface area contributed by atoms with Crippen LogP contribution in [0.25, 0.3) is 0 Å². The van der Waals surface area contributed by atoms with E-state index in [0.717, 1.165) is 0 Å². The van der Waals surface area contributed by atoms with Crippen molar-refractivity contribution in [3.05, 3.63) is 24.3 Å². The van der Waals surface area contributed by atoms with Gasteiger partial charge in [0.2, 0.25) is 5.91 Å². The minimum atomic E-state index is -4.28. The zero-order valence-corrected chi connectivity index (χ0v) is 15.2. The molecule has 2 N–H and O–H groups in total. The van der Waals surface area contributed by atoms with Crippen LogP contribution in [0.2, 0.25) is 0 Å². The van der Waals surface area contributed by atoms with Gasteiger partial charge in [-0.15, -0.1) is 11.8 Å². The molecular weight excluding hydrogens is 377 g/mol. The van der Waals surface area contributed by atoms with E-state index in [-0.39, 0.29) is 18.1 Å². The molecule has 1 unspecified atom stereocenters. The van der Waals surface area contributed by atoms with Crippen molar-refractivity contribution >= 4 is 33.2 Å². The number of sulfone groups is 1. The van der Waals surface area contributed by atoms with Gasteiger partial charge in [-0.1, -0.05) is 12.1 Å². The molecule has 1 aromatic carbocycles. The number of thioether (sulfide) groups is 1. The monoisotopic (exact) mass is 396 g/mol. The van der Waals surface area contributed by atoms with Crippen LogP contribution in [0.3, 0.4) is 0 Å². The number of benzene rings is 1. The van der Waals surface area contributed by atoms with Crippen molar-refractivity contribution in [1.82, 2.24) is 5.32 Å². The quantitative estimate of drug-likeness (QED) is 0.723. The van der Waals surface area contributed by atoms with Gasteiger partial charge in [-0.25, -0.2) is 8.42 Å². The predicted octanol–water partition coefficient (Wildman–Crippen LogP) is 2.45. The number of nitrogens with one attached hydrogen (secondary N) is 2. The first-order valence-electron chi connectivity index (χ1n) is 7.52. The SMILES string of the molecule is CC1(NC(=O)CNc2ccccc2SCC(F)(F)F)CCS(=O)(=O)C1. The highest BCUT2D eigenvalue weighted by Crippen LogP contribution is 2.32. The summed E-state index contributed by atoms with van der Waals surface area (Å²) in [6, 6.07) is 6.41. The molecule has 1 amide bonds. The summed E-state index contributed by atoms with van der Waals surface area (Å²) in [7, 11) is -3.14. The summed E-state index contributed by atoms with van der Waals surface area (Å²) in [6.07, 6.45) is -3.93. The summed E-state index contributed by atoms with van der Waals surface area (Å²) in [5.74, 6) is -1.50. The smallest absolute Gasteiger partial charge is 0.375 e. The van der Waals surface area contributed by atoms with Crippen LogP contribution in [0, 0.1) is 0 Å². The lowest BCUT2D eigenvalue weighted by atomic mass is 10.0. The van der Waals surface area contributed by atoms with Gasteiger partial charge < -0.3 is 10.6 Å². The lowest BCUT2D eigenvalue weighted by Crippen LogP contribution is -2.48. The topological polar surface area (TPSA) is 75.3 Å². The van der Waals surface area contributed by atoms with E-state index in [9.17, 15) is 26.4 Å². The second-order valence-electron chi connectivity index (χ2n) is 6.20. The fourth-order valence-corrected chi connectivity index (χ4v) is 5.45. The van der Waals surface area contributed by atoms with Gasteiger partial charge in [0.1, 0.15) is 0 Å². The number of hydrogen-bond donors (Lipinski definition) is 2. The zero-order chi connectivity index (χ0) is 18.7. The van der Waals surface area contributed by atoms with Gasteiger partial charge in [0.25, 0.3) is 0 Å². The highest BCUT2D eigenvalue weighted by Gasteiger charge is 2.39. The highest BCUT2D eigenvalue weighted by atomic mass is 32.2. The Morgan fingerprint density at radius 3 is 2.60 bits per heavy atom. The van der Waals surface area contributed by atoms with Gasteiger partial charge in [0, 0.05) is 10.6 Å². The van der Waals surface area contributed by atoms with E-state index in [1.807, 2.05) is 0 Å². The summed E-state index contributed by atoms with van der Waals surface area (Å²) in [4.78, 5) is 12.5. The van der Waals surface area contributed by atoms with Crippen molar-refractivity contribution in [3.8, 4) is 0 Å². The first-order valence-corrected chi connectivity index (χ1v) is 10.3. The Labute approximate surface area is 148 Å². The Morgan fingerprint density at radius 2 is 2.00 bits per heavy atom. The van der Waals surface area contributed by atoms with Crippen molar-refractivity contribution in [2.24, 2.45) is 0 Å². The van der Waals surface area contributed by atoms with Crippen LogP contribution >= 0.6 is 11.8 Å². The first-order chi connectivity index (χ1) is 11.5. The number of carbonyl (C=O) groups excluding carboxylic acids is 1. The Hall–Kier alpha value is -1.42. The number of anilines is 1. The molecule has 1 fully saturated rings. The molecule has 25 heavy (non-hydrogen) atoms. The van der Waals surface area contributed by atoms with Crippen molar-refractivity contribution in [1.29, 1.82) is 0 Å². The maximum Gasteiger partial charge on any atom is 0.398 e. The normalized spacial score (nSPS) is 22.6. The summed E-state index contributed by atoms with van der Waals surface area (Å²) in [5.41, 5.74) is -0.376. The fraction of sp³-hybridized carbons (Fsp3) is 0.533. The number of carbonyl (C=O) groups is 1. The number of para-hydroxylation sites is 1.